The molecule has 1 aromatic rings. The topological polar surface area (TPSA) is 45.1 Å². The average Bonchev–Trinajstić information content (AvgIpc) is 2.17. The predicted octanol–water partition coefficient (Wildman–Crippen LogP) is 1.64. The van der Waals surface area contributed by atoms with Crippen molar-refractivity contribution in [2.45, 2.75) is 32.4 Å². The number of nitrogens with zero attached hydrogens (tertiary/aromatic N) is 1. The Morgan fingerprint density at radius 3 is 2.80 bits per heavy atom. The lowest BCUT2D eigenvalue weighted by Gasteiger charge is -2.14. The van der Waals surface area contributed by atoms with Gasteiger partial charge in [-0.25, -0.2) is 4.39 Å². The third kappa shape index (κ3) is 4.36. The summed E-state index contributed by atoms with van der Waals surface area (Å²) >= 11 is 0. The maximum atomic E-state index is 12.8. The summed E-state index contributed by atoms with van der Waals surface area (Å²) in [6, 6.07) is 1.51. The van der Waals surface area contributed by atoms with Gasteiger partial charge < -0.3 is 10.4 Å². The summed E-state index contributed by atoms with van der Waals surface area (Å²) in [6.45, 7) is 4.39. The molecule has 0 aliphatic rings. The van der Waals surface area contributed by atoms with Gasteiger partial charge in [0.05, 0.1) is 12.3 Å². The van der Waals surface area contributed by atoms with Gasteiger partial charge in [-0.3, -0.25) is 4.98 Å². The molecule has 3 nitrogen and oxygen atoms in total. The highest BCUT2D eigenvalue weighted by Gasteiger charge is 2.06. The van der Waals surface area contributed by atoms with Crippen LogP contribution < -0.4 is 5.32 Å². The first-order valence-electron chi connectivity index (χ1n) is 5.11. The van der Waals surface area contributed by atoms with Crippen molar-refractivity contribution in [1.82, 2.24) is 10.3 Å². The van der Waals surface area contributed by atoms with E-state index in [2.05, 4.69) is 10.3 Å². The van der Waals surface area contributed by atoms with Crippen LogP contribution in [-0.2, 0) is 0 Å². The van der Waals surface area contributed by atoms with Gasteiger partial charge in [-0.05, 0) is 38.4 Å². The Kier molecular flexibility index (Phi) is 4.65. The first-order chi connectivity index (χ1) is 7.09. The molecule has 0 radical (unpaired) electrons. The summed E-state index contributed by atoms with van der Waals surface area (Å²) < 4.78 is 12.8. The number of nitrogens with one attached hydrogen (secondary N) is 1. The lowest BCUT2D eigenvalue weighted by molar-refractivity contribution is 0.182. The third-order valence-corrected chi connectivity index (χ3v) is 2.24. The van der Waals surface area contributed by atoms with E-state index in [0.717, 1.165) is 5.56 Å². The van der Waals surface area contributed by atoms with E-state index < -0.39 is 0 Å². The molecule has 0 saturated heterocycles. The Morgan fingerprint density at radius 1 is 1.47 bits per heavy atom. The standard InChI is InChI=1S/C11H17FN2O/c1-8(15)3-4-14-9(2)10-5-11(12)7-13-6-10/h5-9,14-15H,3-4H2,1-2H3. The molecule has 84 valence electrons. The van der Waals surface area contributed by atoms with E-state index in [1.165, 1.54) is 12.3 Å². The number of hydrogen-bond donors (Lipinski definition) is 2. The molecule has 1 rings (SSSR count). The molecule has 0 spiro atoms. The van der Waals surface area contributed by atoms with Crippen molar-refractivity contribution in [2.24, 2.45) is 0 Å². The van der Waals surface area contributed by atoms with Crippen molar-refractivity contribution in [1.29, 1.82) is 0 Å². The molecule has 0 aliphatic heterocycles. The fourth-order valence-electron chi connectivity index (χ4n) is 1.29. The van der Waals surface area contributed by atoms with Crippen LogP contribution in [0.5, 0.6) is 0 Å². The second-order valence-corrected chi connectivity index (χ2v) is 3.75. The molecule has 0 aromatic carbocycles. The second-order valence-electron chi connectivity index (χ2n) is 3.75. The Bertz CT molecular complexity index is 304. The first kappa shape index (κ1) is 12.1. The normalized spacial score (nSPS) is 14.9. The van der Waals surface area contributed by atoms with Crippen molar-refractivity contribution in [3.8, 4) is 0 Å². The van der Waals surface area contributed by atoms with Crippen LogP contribution in [-0.4, -0.2) is 22.7 Å². The van der Waals surface area contributed by atoms with Gasteiger partial charge in [0, 0.05) is 12.2 Å². The van der Waals surface area contributed by atoms with Crippen LogP contribution in [0.2, 0.25) is 0 Å². The molecule has 2 unspecified atom stereocenters. The zero-order chi connectivity index (χ0) is 11.3. The van der Waals surface area contributed by atoms with Crippen LogP contribution >= 0.6 is 0 Å². The molecule has 0 aliphatic carbocycles. The van der Waals surface area contributed by atoms with E-state index in [0.29, 0.717) is 13.0 Å². The van der Waals surface area contributed by atoms with E-state index >= 15 is 0 Å². The van der Waals surface area contributed by atoms with Crippen LogP contribution in [0.25, 0.3) is 0 Å². The van der Waals surface area contributed by atoms with Crippen LogP contribution in [0.4, 0.5) is 4.39 Å². The van der Waals surface area contributed by atoms with E-state index in [-0.39, 0.29) is 18.0 Å². The molecular formula is C11H17FN2O. The van der Waals surface area contributed by atoms with Crippen molar-refractivity contribution < 1.29 is 9.50 Å². The van der Waals surface area contributed by atoms with Crippen LogP contribution in [0.1, 0.15) is 31.9 Å². The lowest BCUT2D eigenvalue weighted by Crippen LogP contribution is -2.22. The number of aliphatic hydroxyl groups excluding tert-OH is 1. The van der Waals surface area contributed by atoms with Gasteiger partial charge in [0.15, 0.2) is 0 Å². The zero-order valence-corrected chi connectivity index (χ0v) is 9.07. The second kappa shape index (κ2) is 5.78. The third-order valence-electron chi connectivity index (χ3n) is 2.24. The summed E-state index contributed by atoms with van der Waals surface area (Å²) in [7, 11) is 0. The number of aliphatic hydroxyl groups is 1. The van der Waals surface area contributed by atoms with Gasteiger partial charge in [0.2, 0.25) is 0 Å². The van der Waals surface area contributed by atoms with Crippen molar-refractivity contribution in [3.05, 3.63) is 29.8 Å². The van der Waals surface area contributed by atoms with E-state index in [9.17, 15) is 4.39 Å². The molecule has 1 heterocycles. The Morgan fingerprint density at radius 2 is 2.20 bits per heavy atom. The quantitative estimate of drug-likeness (QED) is 0.780. The zero-order valence-electron chi connectivity index (χ0n) is 9.07. The van der Waals surface area contributed by atoms with Gasteiger partial charge in [-0.1, -0.05) is 0 Å². The van der Waals surface area contributed by atoms with Crippen molar-refractivity contribution in [2.75, 3.05) is 6.54 Å². The number of aromatic nitrogens is 1. The highest BCUT2D eigenvalue weighted by atomic mass is 19.1. The van der Waals surface area contributed by atoms with E-state index in [1.54, 1.807) is 13.1 Å². The summed E-state index contributed by atoms with van der Waals surface area (Å²) in [6.07, 6.45) is 3.21. The highest BCUT2D eigenvalue weighted by Crippen LogP contribution is 2.11. The minimum Gasteiger partial charge on any atom is -0.393 e. The summed E-state index contributed by atoms with van der Waals surface area (Å²) in [5.74, 6) is -0.323. The summed E-state index contributed by atoms with van der Waals surface area (Å²) in [4.78, 5) is 3.78. The Balaban J connectivity index is 2.43. The average molecular weight is 212 g/mol. The maximum Gasteiger partial charge on any atom is 0.141 e. The number of halogens is 1. The van der Waals surface area contributed by atoms with E-state index in [1.807, 2.05) is 6.92 Å². The molecule has 2 N–H and O–H groups in total. The van der Waals surface area contributed by atoms with Crippen LogP contribution in [0.15, 0.2) is 18.5 Å². The number of rotatable bonds is 5. The molecule has 0 fully saturated rings. The molecule has 2 atom stereocenters. The Hall–Kier alpha value is -1.00. The first-order valence-corrected chi connectivity index (χ1v) is 5.11. The molecule has 1 aromatic heterocycles. The lowest BCUT2D eigenvalue weighted by atomic mass is 10.1. The fourth-order valence-corrected chi connectivity index (χ4v) is 1.29. The van der Waals surface area contributed by atoms with Gasteiger partial charge >= 0.3 is 0 Å². The monoisotopic (exact) mass is 212 g/mol. The van der Waals surface area contributed by atoms with Gasteiger partial charge in [-0.15, -0.1) is 0 Å². The minimum absolute atomic E-state index is 0.0481. The molecule has 0 amide bonds. The maximum absolute atomic E-state index is 12.8. The van der Waals surface area contributed by atoms with Gasteiger partial charge in [-0.2, -0.15) is 0 Å². The van der Waals surface area contributed by atoms with Crippen molar-refractivity contribution in [3.63, 3.8) is 0 Å². The number of hydrogen-bond acceptors (Lipinski definition) is 3. The minimum atomic E-state index is -0.323. The largest absolute Gasteiger partial charge is 0.393 e. The van der Waals surface area contributed by atoms with Gasteiger partial charge in [0.25, 0.3) is 0 Å². The molecule has 0 bridgehead atoms. The van der Waals surface area contributed by atoms with Crippen LogP contribution in [0, 0.1) is 5.82 Å². The smallest absolute Gasteiger partial charge is 0.141 e. The Labute approximate surface area is 89.4 Å². The number of pyridine rings is 1. The van der Waals surface area contributed by atoms with Crippen molar-refractivity contribution >= 4 is 0 Å². The predicted molar refractivity (Wildman–Crippen MR) is 56.9 cm³/mol. The fraction of sp³-hybridized carbons (Fsp3) is 0.545. The summed E-state index contributed by atoms with van der Waals surface area (Å²) in [5.41, 5.74) is 0.820. The van der Waals surface area contributed by atoms with Gasteiger partial charge in [0.1, 0.15) is 5.82 Å². The van der Waals surface area contributed by atoms with Crippen LogP contribution in [0.3, 0.4) is 0 Å². The molecule has 15 heavy (non-hydrogen) atoms. The SMILES string of the molecule is CC(O)CCNC(C)c1cncc(F)c1. The molecule has 0 saturated carbocycles. The summed E-state index contributed by atoms with van der Waals surface area (Å²) in [5, 5.41) is 12.3. The van der Waals surface area contributed by atoms with E-state index in [4.69, 9.17) is 5.11 Å². The highest BCUT2D eigenvalue weighted by molar-refractivity contribution is 5.14. The molecule has 4 heteroatoms. The molecular weight excluding hydrogens is 195 g/mol.